The Bertz CT molecular complexity index is 959. The highest BCUT2D eigenvalue weighted by molar-refractivity contribution is 14.1. The molecule has 0 radical (unpaired) electrons. The molecule has 0 unspecified atom stereocenters. The number of aromatic nitrogens is 1. The quantitative estimate of drug-likeness (QED) is 0.319. The summed E-state index contributed by atoms with van der Waals surface area (Å²) in [5.74, 6) is 0. The van der Waals surface area contributed by atoms with Crippen LogP contribution in [0.1, 0.15) is 5.56 Å². The van der Waals surface area contributed by atoms with Crippen molar-refractivity contribution in [3.8, 4) is 0 Å². The lowest BCUT2D eigenvalue weighted by atomic mass is 10.1. The van der Waals surface area contributed by atoms with E-state index in [1.165, 1.54) is 12.1 Å². The molecule has 3 rings (SSSR count). The van der Waals surface area contributed by atoms with Crippen LogP contribution in [0.2, 0.25) is 0 Å². The summed E-state index contributed by atoms with van der Waals surface area (Å²) in [6.45, 7) is 0. The smallest absolute Gasteiger partial charge is 0.349 e. The first-order valence-electron chi connectivity index (χ1n) is 6.92. The topological polar surface area (TPSA) is 68.1 Å². The molecule has 0 spiro atoms. The Morgan fingerprint density at radius 2 is 1.80 bits per heavy atom. The molecule has 0 amide bonds. The van der Waals surface area contributed by atoms with Gasteiger partial charge in [0.1, 0.15) is 11.9 Å². The molecule has 1 heterocycles. The van der Waals surface area contributed by atoms with Crippen molar-refractivity contribution < 1.29 is 18.1 Å². The van der Waals surface area contributed by atoms with E-state index in [-0.39, 0.29) is 11.4 Å². The fraction of sp³-hybridized carbons (Fsp3) is 0.0625. The molecule has 9 heteroatoms. The number of anilines is 2. The summed E-state index contributed by atoms with van der Waals surface area (Å²) < 4.78 is 38.8. The molecular weight excluding hydrogens is 450 g/mol. The van der Waals surface area contributed by atoms with Crippen LogP contribution in [0.25, 0.3) is 10.9 Å². The Morgan fingerprint density at radius 3 is 2.40 bits per heavy atom. The zero-order valence-electron chi connectivity index (χ0n) is 12.3. The highest BCUT2D eigenvalue weighted by atomic mass is 127. The number of rotatable bonds is 3. The lowest BCUT2D eigenvalue weighted by molar-refractivity contribution is -0.384. The minimum Gasteiger partial charge on any atom is -0.349 e. The number of halogens is 4. The summed E-state index contributed by atoms with van der Waals surface area (Å²) in [4.78, 5) is 14.8. The second-order valence-electron chi connectivity index (χ2n) is 5.14. The Morgan fingerprint density at radius 1 is 1.12 bits per heavy atom. The van der Waals surface area contributed by atoms with Crippen LogP contribution in [0.3, 0.4) is 0 Å². The molecule has 0 saturated heterocycles. The molecule has 128 valence electrons. The first kappa shape index (κ1) is 17.4. The third-order valence-electron chi connectivity index (χ3n) is 3.49. The van der Waals surface area contributed by atoms with Crippen LogP contribution >= 0.6 is 22.6 Å². The molecule has 0 saturated carbocycles. The van der Waals surface area contributed by atoms with Gasteiger partial charge in [0.15, 0.2) is 0 Å². The first-order valence-corrected chi connectivity index (χ1v) is 8.00. The minimum atomic E-state index is -4.44. The number of hydrogen-bond donors (Lipinski definition) is 1. The predicted octanol–water partition coefficient (Wildman–Crippen LogP) is 5.51. The van der Waals surface area contributed by atoms with E-state index in [1.807, 2.05) is 6.07 Å². The Balaban J connectivity index is 2.09. The largest absolute Gasteiger partial charge is 0.416 e. The maximum atomic E-state index is 12.7. The average Bonchev–Trinajstić information content (AvgIpc) is 2.54. The second kappa shape index (κ2) is 6.47. The fourth-order valence-electron chi connectivity index (χ4n) is 2.31. The highest BCUT2D eigenvalue weighted by Gasteiger charge is 2.30. The average molecular weight is 459 g/mol. The Labute approximate surface area is 153 Å². The summed E-state index contributed by atoms with van der Waals surface area (Å²) in [7, 11) is 0. The van der Waals surface area contributed by atoms with Gasteiger partial charge in [-0.25, -0.2) is 4.98 Å². The standard InChI is InChI=1S/C16H9F3IN3O2/c17-16(18,19)9-1-4-11(5-2-9)22-15-12-7-10(20)3-6-13(12)21-8-14(15)23(24)25/h1-8H,(H,21,22). The van der Waals surface area contributed by atoms with Crippen LogP contribution < -0.4 is 5.32 Å². The molecule has 5 nitrogen and oxygen atoms in total. The van der Waals surface area contributed by atoms with Gasteiger partial charge in [0.05, 0.1) is 16.0 Å². The van der Waals surface area contributed by atoms with Gasteiger partial charge in [-0.2, -0.15) is 13.2 Å². The van der Waals surface area contributed by atoms with Crippen LogP contribution in [-0.2, 0) is 6.18 Å². The molecule has 0 atom stereocenters. The number of pyridine rings is 1. The van der Waals surface area contributed by atoms with Crippen molar-refractivity contribution in [1.29, 1.82) is 0 Å². The maximum absolute atomic E-state index is 12.7. The van der Waals surface area contributed by atoms with Gasteiger partial charge in [-0.05, 0) is 65.1 Å². The van der Waals surface area contributed by atoms with E-state index in [9.17, 15) is 23.3 Å². The monoisotopic (exact) mass is 459 g/mol. The molecule has 2 aromatic carbocycles. The van der Waals surface area contributed by atoms with Crippen LogP contribution in [0, 0.1) is 13.7 Å². The lowest BCUT2D eigenvalue weighted by Crippen LogP contribution is -2.05. The number of nitrogens with one attached hydrogen (secondary N) is 1. The van der Waals surface area contributed by atoms with Gasteiger partial charge in [0, 0.05) is 14.6 Å². The van der Waals surface area contributed by atoms with Crippen molar-refractivity contribution in [2.24, 2.45) is 0 Å². The summed E-state index contributed by atoms with van der Waals surface area (Å²) in [5.41, 5.74) is -0.00718. The predicted molar refractivity (Wildman–Crippen MR) is 95.8 cm³/mol. The van der Waals surface area contributed by atoms with Crippen LogP contribution in [0.15, 0.2) is 48.7 Å². The molecule has 25 heavy (non-hydrogen) atoms. The van der Waals surface area contributed by atoms with Gasteiger partial charge < -0.3 is 5.32 Å². The summed E-state index contributed by atoms with van der Waals surface area (Å²) in [5, 5.41) is 14.7. The molecule has 0 fully saturated rings. The first-order chi connectivity index (χ1) is 11.8. The molecule has 1 N–H and O–H groups in total. The highest BCUT2D eigenvalue weighted by Crippen LogP contribution is 2.36. The maximum Gasteiger partial charge on any atom is 0.416 e. The number of fused-ring (bicyclic) bond motifs is 1. The van der Waals surface area contributed by atoms with Crippen molar-refractivity contribution in [2.75, 3.05) is 5.32 Å². The van der Waals surface area contributed by atoms with Gasteiger partial charge in [-0.1, -0.05) is 0 Å². The van der Waals surface area contributed by atoms with Crippen molar-refractivity contribution >= 4 is 50.6 Å². The number of nitro groups is 1. The summed E-state index contributed by atoms with van der Waals surface area (Å²) in [6, 6.07) is 9.55. The van der Waals surface area contributed by atoms with Crippen molar-refractivity contribution in [3.05, 3.63) is 67.9 Å². The molecule has 0 aliphatic heterocycles. The van der Waals surface area contributed by atoms with E-state index in [2.05, 4.69) is 32.9 Å². The third kappa shape index (κ3) is 3.65. The van der Waals surface area contributed by atoms with Gasteiger partial charge in [0.2, 0.25) is 0 Å². The van der Waals surface area contributed by atoms with Gasteiger partial charge in [-0.3, -0.25) is 10.1 Å². The number of hydrogen-bond acceptors (Lipinski definition) is 4. The van der Waals surface area contributed by atoms with Crippen LogP contribution in [0.5, 0.6) is 0 Å². The SMILES string of the molecule is O=[N+]([O-])c1cnc2ccc(I)cc2c1Nc1ccc(C(F)(F)F)cc1. The molecule has 3 aromatic rings. The van der Waals surface area contributed by atoms with E-state index in [4.69, 9.17) is 0 Å². The molecular formula is C16H9F3IN3O2. The summed E-state index contributed by atoms with van der Waals surface area (Å²) in [6.07, 6.45) is -3.31. The van der Waals surface area contributed by atoms with E-state index < -0.39 is 16.7 Å². The second-order valence-corrected chi connectivity index (χ2v) is 6.38. The Kier molecular flexibility index (Phi) is 4.50. The van der Waals surface area contributed by atoms with E-state index >= 15 is 0 Å². The minimum absolute atomic E-state index is 0.188. The zero-order valence-corrected chi connectivity index (χ0v) is 14.5. The van der Waals surface area contributed by atoms with E-state index in [0.717, 1.165) is 21.9 Å². The summed E-state index contributed by atoms with van der Waals surface area (Å²) >= 11 is 2.07. The van der Waals surface area contributed by atoms with Gasteiger partial charge in [0.25, 0.3) is 0 Å². The fourth-order valence-corrected chi connectivity index (χ4v) is 2.80. The van der Waals surface area contributed by atoms with E-state index in [0.29, 0.717) is 16.6 Å². The van der Waals surface area contributed by atoms with Crippen molar-refractivity contribution in [2.45, 2.75) is 6.18 Å². The number of nitrogens with zero attached hydrogens (tertiary/aromatic N) is 2. The lowest BCUT2D eigenvalue weighted by Gasteiger charge is -2.12. The molecule has 0 bridgehead atoms. The number of alkyl halides is 3. The van der Waals surface area contributed by atoms with Crippen molar-refractivity contribution in [1.82, 2.24) is 4.98 Å². The molecule has 0 aliphatic carbocycles. The normalized spacial score (nSPS) is 11.5. The van der Waals surface area contributed by atoms with E-state index in [1.54, 1.807) is 12.1 Å². The number of benzene rings is 2. The zero-order chi connectivity index (χ0) is 18.2. The van der Waals surface area contributed by atoms with Crippen LogP contribution in [0.4, 0.5) is 30.2 Å². The van der Waals surface area contributed by atoms with Gasteiger partial charge >= 0.3 is 11.9 Å². The molecule has 0 aliphatic rings. The molecule has 1 aromatic heterocycles. The Hall–Kier alpha value is -2.43. The third-order valence-corrected chi connectivity index (χ3v) is 4.16. The van der Waals surface area contributed by atoms with Crippen LogP contribution in [-0.4, -0.2) is 9.91 Å². The van der Waals surface area contributed by atoms with Gasteiger partial charge in [-0.15, -0.1) is 0 Å². The van der Waals surface area contributed by atoms with Crippen molar-refractivity contribution in [3.63, 3.8) is 0 Å².